The number of ether oxygens (including phenoxy) is 1. The fourth-order valence-electron chi connectivity index (χ4n) is 1.94. The minimum absolute atomic E-state index is 0.232. The van der Waals surface area contributed by atoms with Crippen molar-refractivity contribution in [2.24, 2.45) is 0 Å². The molecular formula is C10H17NO3. The highest BCUT2D eigenvalue weighted by molar-refractivity contribution is 5.73. The van der Waals surface area contributed by atoms with Crippen LogP contribution in [0.5, 0.6) is 0 Å². The quantitative estimate of drug-likeness (QED) is 0.704. The number of nitrogens with one attached hydrogen (secondary N) is 1. The maximum absolute atomic E-state index is 10.6. The van der Waals surface area contributed by atoms with Gasteiger partial charge in [0.2, 0.25) is 0 Å². The molecule has 0 bridgehead atoms. The highest BCUT2D eigenvalue weighted by Gasteiger charge is 2.28. The molecule has 1 aliphatic heterocycles. The van der Waals surface area contributed by atoms with Crippen LogP contribution in [0.2, 0.25) is 0 Å². The Kier molecular flexibility index (Phi) is 3.03. The minimum Gasteiger partial charge on any atom is -0.480 e. The van der Waals surface area contributed by atoms with Gasteiger partial charge in [0.25, 0.3) is 0 Å². The van der Waals surface area contributed by atoms with Gasteiger partial charge in [0, 0.05) is 6.54 Å². The molecule has 80 valence electrons. The van der Waals surface area contributed by atoms with Crippen LogP contribution in [0.4, 0.5) is 0 Å². The summed E-state index contributed by atoms with van der Waals surface area (Å²) in [7, 11) is 0. The van der Waals surface area contributed by atoms with Gasteiger partial charge in [-0.15, -0.1) is 0 Å². The number of hydrogen-bond donors (Lipinski definition) is 2. The molecule has 1 saturated heterocycles. The average molecular weight is 199 g/mol. The summed E-state index contributed by atoms with van der Waals surface area (Å²) in [5.74, 6) is -0.743. The zero-order valence-electron chi connectivity index (χ0n) is 8.24. The molecule has 0 spiro atoms. The molecule has 0 radical (unpaired) electrons. The number of carboxylic acids is 1. The third-order valence-electron chi connectivity index (χ3n) is 3.10. The third kappa shape index (κ3) is 2.25. The summed E-state index contributed by atoms with van der Waals surface area (Å²) in [4.78, 5) is 10.6. The standard InChI is InChI=1S/C10H17NO3/c12-10(13)9-5-4-8(6-11-9)14-7-2-1-3-7/h7-9,11H,1-6H2,(H,12,13)/t8-,9-/m0/s1. The molecule has 0 aromatic carbocycles. The molecule has 2 fully saturated rings. The molecule has 1 aliphatic carbocycles. The lowest BCUT2D eigenvalue weighted by atomic mass is 9.95. The summed E-state index contributed by atoms with van der Waals surface area (Å²) in [5, 5.41) is 11.8. The molecule has 1 saturated carbocycles. The van der Waals surface area contributed by atoms with Gasteiger partial charge in [0.05, 0.1) is 12.2 Å². The summed E-state index contributed by atoms with van der Waals surface area (Å²) in [6, 6.07) is -0.365. The Morgan fingerprint density at radius 3 is 2.43 bits per heavy atom. The first-order valence-corrected chi connectivity index (χ1v) is 5.37. The maximum Gasteiger partial charge on any atom is 0.320 e. The lowest BCUT2D eigenvalue weighted by molar-refractivity contribution is -0.141. The monoisotopic (exact) mass is 199 g/mol. The highest BCUT2D eigenvalue weighted by atomic mass is 16.5. The number of carbonyl (C=O) groups is 1. The van der Waals surface area contributed by atoms with E-state index in [1.807, 2.05) is 0 Å². The number of piperidine rings is 1. The normalized spacial score (nSPS) is 33.7. The Bertz CT molecular complexity index is 207. The molecular weight excluding hydrogens is 182 g/mol. The van der Waals surface area contributed by atoms with Gasteiger partial charge in [0.1, 0.15) is 6.04 Å². The smallest absolute Gasteiger partial charge is 0.320 e. The van der Waals surface area contributed by atoms with Gasteiger partial charge in [-0.3, -0.25) is 4.79 Å². The van der Waals surface area contributed by atoms with E-state index in [9.17, 15) is 4.79 Å². The Balaban J connectivity index is 1.69. The van der Waals surface area contributed by atoms with Crippen molar-refractivity contribution in [3.05, 3.63) is 0 Å². The lowest BCUT2D eigenvalue weighted by Gasteiger charge is -2.34. The van der Waals surface area contributed by atoms with E-state index in [4.69, 9.17) is 9.84 Å². The average Bonchev–Trinajstić information content (AvgIpc) is 2.12. The molecule has 4 heteroatoms. The largest absolute Gasteiger partial charge is 0.480 e. The first-order valence-electron chi connectivity index (χ1n) is 5.37. The van der Waals surface area contributed by atoms with Crippen LogP contribution in [0, 0.1) is 0 Å². The summed E-state index contributed by atoms with van der Waals surface area (Å²) >= 11 is 0. The SMILES string of the molecule is O=C(O)[C@@H]1CC[C@H](OC2CCC2)CN1. The van der Waals surface area contributed by atoms with E-state index in [1.54, 1.807) is 0 Å². The van der Waals surface area contributed by atoms with Crippen molar-refractivity contribution < 1.29 is 14.6 Å². The molecule has 4 nitrogen and oxygen atoms in total. The van der Waals surface area contributed by atoms with E-state index in [0.717, 1.165) is 6.42 Å². The predicted octanol–water partition coefficient (Wildman–Crippen LogP) is 0.761. The van der Waals surface area contributed by atoms with Crippen molar-refractivity contribution >= 4 is 5.97 Å². The van der Waals surface area contributed by atoms with E-state index >= 15 is 0 Å². The number of hydrogen-bond acceptors (Lipinski definition) is 3. The molecule has 2 atom stereocenters. The number of rotatable bonds is 3. The van der Waals surface area contributed by atoms with Crippen LogP contribution in [-0.4, -0.2) is 35.9 Å². The molecule has 14 heavy (non-hydrogen) atoms. The van der Waals surface area contributed by atoms with Crippen molar-refractivity contribution in [3.63, 3.8) is 0 Å². The summed E-state index contributed by atoms with van der Waals surface area (Å²) in [6.07, 6.45) is 5.88. The van der Waals surface area contributed by atoms with Crippen molar-refractivity contribution in [2.75, 3.05) is 6.54 Å². The first-order chi connectivity index (χ1) is 6.75. The minimum atomic E-state index is -0.743. The number of carboxylic acid groups (broad SMARTS) is 1. The van der Waals surface area contributed by atoms with Crippen LogP contribution in [0.25, 0.3) is 0 Å². The van der Waals surface area contributed by atoms with Gasteiger partial charge in [-0.1, -0.05) is 0 Å². The molecule has 0 unspecified atom stereocenters. The molecule has 1 heterocycles. The Labute approximate surface area is 83.6 Å². The lowest BCUT2D eigenvalue weighted by Crippen LogP contribution is -2.48. The topological polar surface area (TPSA) is 58.6 Å². The fourth-order valence-corrected chi connectivity index (χ4v) is 1.94. The van der Waals surface area contributed by atoms with Gasteiger partial charge in [-0.25, -0.2) is 0 Å². The Hall–Kier alpha value is -0.610. The molecule has 2 rings (SSSR count). The molecule has 0 aromatic rings. The second-order valence-corrected chi connectivity index (χ2v) is 4.19. The van der Waals surface area contributed by atoms with Gasteiger partial charge in [-0.05, 0) is 32.1 Å². The zero-order chi connectivity index (χ0) is 9.97. The van der Waals surface area contributed by atoms with Gasteiger partial charge in [0.15, 0.2) is 0 Å². The van der Waals surface area contributed by atoms with Crippen LogP contribution >= 0.6 is 0 Å². The second kappa shape index (κ2) is 4.28. The zero-order valence-corrected chi connectivity index (χ0v) is 8.24. The maximum atomic E-state index is 10.6. The van der Waals surface area contributed by atoms with Crippen LogP contribution < -0.4 is 5.32 Å². The van der Waals surface area contributed by atoms with Crippen LogP contribution in [-0.2, 0) is 9.53 Å². The fraction of sp³-hybridized carbons (Fsp3) is 0.900. The van der Waals surface area contributed by atoms with Crippen molar-refractivity contribution in [3.8, 4) is 0 Å². The third-order valence-corrected chi connectivity index (χ3v) is 3.10. The number of aliphatic carboxylic acids is 1. The molecule has 2 aliphatic rings. The van der Waals surface area contributed by atoms with Gasteiger partial charge < -0.3 is 15.2 Å². The van der Waals surface area contributed by atoms with Gasteiger partial charge >= 0.3 is 5.97 Å². The summed E-state index contributed by atoms with van der Waals surface area (Å²) < 4.78 is 5.80. The molecule has 0 aromatic heterocycles. The molecule has 2 N–H and O–H groups in total. The van der Waals surface area contributed by atoms with E-state index in [-0.39, 0.29) is 12.1 Å². The van der Waals surface area contributed by atoms with E-state index < -0.39 is 5.97 Å². The Morgan fingerprint density at radius 1 is 1.21 bits per heavy atom. The van der Waals surface area contributed by atoms with Crippen molar-refractivity contribution in [1.29, 1.82) is 0 Å². The highest BCUT2D eigenvalue weighted by Crippen LogP contribution is 2.25. The predicted molar refractivity (Wildman–Crippen MR) is 51.2 cm³/mol. The van der Waals surface area contributed by atoms with Crippen LogP contribution in [0.3, 0.4) is 0 Å². The van der Waals surface area contributed by atoms with Crippen LogP contribution in [0.1, 0.15) is 32.1 Å². The van der Waals surface area contributed by atoms with E-state index in [0.29, 0.717) is 19.1 Å². The van der Waals surface area contributed by atoms with E-state index in [1.165, 1.54) is 19.3 Å². The van der Waals surface area contributed by atoms with Crippen molar-refractivity contribution in [1.82, 2.24) is 5.32 Å². The summed E-state index contributed by atoms with van der Waals surface area (Å²) in [5.41, 5.74) is 0. The van der Waals surface area contributed by atoms with Crippen molar-refractivity contribution in [2.45, 2.75) is 50.4 Å². The van der Waals surface area contributed by atoms with E-state index in [2.05, 4.69) is 5.32 Å². The van der Waals surface area contributed by atoms with Crippen LogP contribution in [0.15, 0.2) is 0 Å². The van der Waals surface area contributed by atoms with Gasteiger partial charge in [-0.2, -0.15) is 0 Å². The summed E-state index contributed by atoms with van der Waals surface area (Å²) in [6.45, 7) is 0.688. The Morgan fingerprint density at radius 2 is 2.00 bits per heavy atom. The molecule has 0 amide bonds. The second-order valence-electron chi connectivity index (χ2n) is 4.19. The first kappa shape index (κ1) is 9.93.